The van der Waals surface area contributed by atoms with Gasteiger partial charge >= 0.3 is 6.03 Å². The van der Waals surface area contributed by atoms with E-state index in [0.717, 1.165) is 6.42 Å². The number of Topliss-reactive ketones (excluding diaryl/α,β-unsaturated/α-hetero) is 1. The Labute approximate surface area is 118 Å². The maximum Gasteiger partial charge on any atom is 0.321 e. The van der Waals surface area contributed by atoms with Crippen molar-refractivity contribution in [3.63, 3.8) is 0 Å². The summed E-state index contributed by atoms with van der Waals surface area (Å²) in [7, 11) is 0. The Morgan fingerprint density at radius 3 is 2.65 bits per heavy atom. The molecule has 1 fully saturated rings. The normalized spacial score (nSPS) is 19.3. The quantitative estimate of drug-likeness (QED) is 0.844. The molecule has 20 heavy (non-hydrogen) atoms. The zero-order chi connectivity index (χ0) is 14.5. The number of urea groups is 1. The van der Waals surface area contributed by atoms with Crippen LogP contribution in [-0.4, -0.2) is 42.5 Å². The predicted molar refractivity (Wildman–Crippen MR) is 77.1 cm³/mol. The number of anilines is 1. The van der Waals surface area contributed by atoms with Gasteiger partial charge in [0.05, 0.1) is 6.10 Å². The summed E-state index contributed by atoms with van der Waals surface area (Å²) in [5, 5.41) is 2.85. The van der Waals surface area contributed by atoms with E-state index in [1.165, 1.54) is 6.92 Å². The van der Waals surface area contributed by atoms with Gasteiger partial charge in [-0.25, -0.2) is 4.79 Å². The van der Waals surface area contributed by atoms with E-state index in [9.17, 15) is 9.59 Å². The van der Waals surface area contributed by atoms with Crippen LogP contribution >= 0.6 is 0 Å². The second-order valence-corrected chi connectivity index (χ2v) is 5.04. The molecule has 1 aliphatic heterocycles. The van der Waals surface area contributed by atoms with Gasteiger partial charge in [0.15, 0.2) is 5.78 Å². The molecule has 2 amide bonds. The zero-order valence-electron chi connectivity index (χ0n) is 11.9. The van der Waals surface area contributed by atoms with Gasteiger partial charge in [-0.3, -0.25) is 4.79 Å². The Morgan fingerprint density at radius 2 is 2.00 bits per heavy atom. The van der Waals surface area contributed by atoms with Gasteiger partial charge in [-0.2, -0.15) is 0 Å². The first-order chi connectivity index (χ1) is 9.56. The highest BCUT2D eigenvalue weighted by Crippen LogP contribution is 2.12. The first-order valence-electron chi connectivity index (χ1n) is 6.85. The van der Waals surface area contributed by atoms with Gasteiger partial charge in [-0.05, 0) is 44.5 Å². The van der Waals surface area contributed by atoms with Crippen LogP contribution in [0.25, 0.3) is 0 Å². The molecule has 0 aliphatic carbocycles. The number of hydrogen-bond acceptors (Lipinski definition) is 3. The number of hydrogen-bond donors (Lipinski definition) is 1. The Kier molecular flexibility index (Phi) is 4.74. The number of benzene rings is 1. The molecule has 0 aromatic heterocycles. The summed E-state index contributed by atoms with van der Waals surface area (Å²) in [6.07, 6.45) is 0.907. The first-order valence-corrected chi connectivity index (χ1v) is 6.85. The minimum absolute atomic E-state index is 0.0152. The van der Waals surface area contributed by atoms with Gasteiger partial charge in [0, 0.05) is 30.9 Å². The summed E-state index contributed by atoms with van der Waals surface area (Å²) in [4.78, 5) is 25.1. The molecule has 1 saturated heterocycles. The van der Waals surface area contributed by atoms with E-state index in [1.807, 2.05) is 6.92 Å². The van der Waals surface area contributed by atoms with Crippen LogP contribution in [0.4, 0.5) is 10.5 Å². The third-order valence-electron chi connectivity index (χ3n) is 3.28. The minimum Gasteiger partial charge on any atom is -0.377 e. The van der Waals surface area contributed by atoms with Crippen molar-refractivity contribution in [2.75, 3.05) is 25.0 Å². The number of nitrogens with zero attached hydrogens (tertiary/aromatic N) is 1. The highest BCUT2D eigenvalue weighted by atomic mass is 16.5. The smallest absolute Gasteiger partial charge is 0.321 e. The van der Waals surface area contributed by atoms with Crippen molar-refractivity contribution in [1.29, 1.82) is 0 Å². The lowest BCUT2D eigenvalue weighted by atomic mass is 10.1. The summed E-state index contributed by atoms with van der Waals surface area (Å²) < 4.78 is 5.52. The van der Waals surface area contributed by atoms with Crippen molar-refractivity contribution in [3.05, 3.63) is 29.8 Å². The van der Waals surface area contributed by atoms with Crippen LogP contribution in [0.1, 0.15) is 30.6 Å². The average molecular weight is 276 g/mol. The largest absolute Gasteiger partial charge is 0.377 e. The number of ether oxygens (including phenoxy) is 1. The Morgan fingerprint density at radius 1 is 1.30 bits per heavy atom. The Bertz CT molecular complexity index is 484. The van der Waals surface area contributed by atoms with E-state index in [4.69, 9.17) is 4.74 Å². The number of carbonyl (C=O) groups is 2. The van der Waals surface area contributed by atoms with Crippen LogP contribution in [0.15, 0.2) is 24.3 Å². The van der Waals surface area contributed by atoms with Gasteiger partial charge < -0.3 is 15.0 Å². The average Bonchev–Trinajstić information content (AvgIpc) is 2.64. The van der Waals surface area contributed by atoms with Crippen LogP contribution in [0.2, 0.25) is 0 Å². The number of ketones is 1. The molecule has 0 bridgehead atoms. The molecular formula is C15H20N2O3. The Hall–Kier alpha value is -1.88. The van der Waals surface area contributed by atoms with Crippen LogP contribution < -0.4 is 5.32 Å². The number of amides is 2. The van der Waals surface area contributed by atoms with Gasteiger partial charge in [-0.1, -0.05) is 0 Å². The highest BCUT2D eigenvalue weighted by molar-refractivity contribution is 5.95. The molecule has 108 valence electrons. The maximum atomic E-state index is 12.2. The molecule has 0 spiro atoms. The van der Waals surface area contributed by atoms with Crippen LogP contribution in [0, 0.1) is 0 Å². The standard InChI is InChI=1S/C15H20N2O3/c1-11-10-17(8-3-9-20-11)15(19)16-14-6-4-13(5-7-14)12(2)18/h4-7,11H,3,8-10H2,1-2H3,(H,16,19). The van der Waals surface area contributed by atoms with Crippen molar-refractivity contribution < 1.29 is 14.3 Å². The lowest BCUT2D eigenvalue weighted by molar-refractivity contribution is 0.0718. The monoisotopic (exact) mass is 276 g/mol. The molecule has 1 aliphatic rings. The number of rotatable bonds is 2. The second kappa shape index (κ2) is 6.52. The van der Waals surface area contributed by atoms with Crippen molar-refractivity contribution in [1.82, 2.24) is 4.90 Å². The summed E-state index contributed by atoms with van der Waals surface area (Å²) in [5.41, 5.74) is 1.33. The lowest BCUT2D eigenvalue weighted by Gasteiger charge is -2.22. The lowest BCUT2D eigenvalue weighted by Crippen LogP contribution is -2.38. The fraction of sp³-hybridized carbons (Fsp3) is 0.467. The minimum atomic E-state index is -0.127. The number of nitrogens with one attached hydrogen (secondary N) is 1. The maximum absolute atomic E-state index is 12.2. The third kappa shape index (κ3) is 3.81. The fourth-order valence-corrected chi connectivity index (χ4v) is 2.17. The molecule has 1 aromatic rings. The molecule has 5 nitrogen and oxygen atoms in total. The van der Waals surface area contributed by atoms with Crippen LogP contribution in [0.5, 0.6) is 0 Å². The van der Waals surface area contributed by atoms with Crippen molar-refractivity contribution >= 4 is 17.5 Å². The van der Waals surface area contributed by atoms with Crippen LogP contribution in [-0.2, 0) is 4.74 Å². The molecule has 0 radical (unpaired) electrons. The SMILES string of the molecule is CC(=O)c1ccc(NC(=O)N2CCCOC(C)C2)cc1. The summed E-state index contributed by atoms with van der Waals surface area (Å²) in [5.74, 6) is 0.0152. The molecule has 1 atom stereocenters. The zero-order valence-corrected chi connectivity index (χ0v) is 11.9. The summed E-state index contributed by atoms with van der Waals surface area (Å²) in [6.45, 7) is 5.47. The number of carbonyl (C=O) groups excluding carboxylic acids is 2. The van der Waals surface area contributed by atoms with E-state index in [-0.39, 0.29) is 17.9 Å². The van der Waals surface area contributed by atoms with Gasteiger partial charge in [-0.15, -0.1) is 0 Å². The van der Waals surface area contributed by atoms with E-state index in [1.54, 1.807) is 29.2 Å². The summed E-state index contributed by atoms with van der Waals surface area (Å²) in [6, 6.07) is 6.79. The van der Waals surface area contributed by atoms with Gasteiger partial charge in [0.2, 0.25) is 0 Å². The van der Waals surface area contributed by atoms with E-state index < -0.39 is 0 Å². The van der Waals surface area contributed by atoms with Crippen molar-refractivity contribution in [2.45, 2.75) is 26.4 Å². The van der Waals surface area contributed by atoms with E-state index in [2.05, 4.69) is 5.32 Å². The van der Waals surface area contributed by atoms with Gasteiger partial charge in [0.25, 0.3) is 0 Å². The molecule has 0 saturated carbocycles. The molecule has 1 aromatic carbocycles. The van der Waals surface area contributed by atoms with Crippen molar-refractivity contribution in [3.8, 4) is 0 Å². The fourth-order valence-electron chi connectivity index (χ4n) is 2.17. The topological polar surface area (TPSA) is 58.6 Å². The van der Waals surface area contributed by atoms with Gasteiger partial charge in [0.1, 0.15) is 0 Å². The molecule has 1 unspecified atom stereocenters. The molecular weight excluding hydrogens is 256 g/mol. The molecule has 5 heteroatoms. The van der Waals surface area contributed by atoms with Crippen LogP contribution in [0.3, 0.4) is 0 Å². The molecule has 1 N–H and O–H groups in total. The van der Waals surface area contributed by atoms with E-state index >= 15 is 0 Å². The Balaban J connectivity index is 1.97. The van der Waals surface area contributed by atoms with E-state index in [0.29, 0.717) is 30.9 Å². The molecule has 1 heterocycles. The highest BCUT2D eigenvalue weighted by Gasteiger charge is 2.19. The first kappa shape index (κ1) is 14.5. The molecule has 2 rings (SSSR count). The van der Waals surface area contributed by atoms with Crippen molar-refractivity contribution in [2.24, 2.45) is 0 Å². The second-order valence-electron chi connectivity index (χ2n) is 5.04. The third-order valence-corrected chi connectivity index (χ3v) is 3.28. The predicted octanol–water partition coefficient (Wildman–Crippen LogP) is 2.53. The summed E-state index contributed by atoms with van der Waals surface area (Å²) >= 11 is 0.